The van der Waals surface area contributed by atoms with E-state index in [0.29, 0.717) is 39.1 Å². The number of nitrogens with zero attached hydrogens (tertiary/aromatic N) is 1. The van der Waals surface area contributed by atoms with Crippen LogP contribution < -0.4 is 11.1 Å². The highest BCUT2D eigenvalue weighted by molar-refractivity contribution is 5.85. The molecule has 3 rings (SSSR count). The second kappa shape index (κ2) is 11.8. The van der Waals surface area contributed by atoms with E-state index in [4.69, 9.17) is 15.2 Å². The number of morpholine rings is 1. The van der Waals surface area contributed by atoms with Gasteiger partial charge in [0.05, 0.1) is 18.6 Å². The van der Waals surface area contributed by atoms with Gasteiger partial charge in [0.25, 0.3) is 0 Å². The van der Waals surface area contributed by atoms with Crippen LogP contribution in [0.5, 0.6) is 0 Å². The summed E-state index contributed by atoms with van der Waals surface area (Å²) in [4.78, 5) is 15.1. The molecule has 0 unspecified atom stereocenters. The number of hydrogen-bond acceptors (Lipinski definition) is 5. The van der Waals surface area contributed by atoms with E-state index in [9.17, 15) is 4.79 Å². The molecule has 6 nitrogen and oxygen atoms in total. The number of ether oxygens (including phenoxy) is 2. The van der Waals surface area contributed by atoms with Gasteiger partial charge < -0.3 is 20.5 Å². The molecule has 2 aliphatic heterocycles. The minimum Gasteiger partial charge on any atom is -0.381 e. The van der Waals surface area contributed by atoms with Crippen molar-refractivity contribution < 1.29 is 14.3 Å². The van der Waals surface area contributed by atoms with Crippen molar-refractivity contribution in [2.75, 3.05) is 46.1 Å². The smallest absolute Gasteiger partial charge is 0.227 e. The molecule has 0 radical (unpaired) electrons. The first-order valence-electron chi connectivity index (χ1n) is 9.16. The number of carbonyl (C=O) groups is 1. The summed E-state index contributed by atoms with van der Waals surface area (Å²) in [5, 5.41) is 3.12. The first kappa shape index (κ1) is 24.1. The summed E-state index contributed by atoms with van der Waals surface area (Å²) >= 11 is 0. The minimum absolute atomic E-state index is 0. The molecule has 1 amide bonds. The second-order valence-corrected chi connectivity index (χ2v) is 6.94. The molecule has 1 aromatic carbocycles. The normalized spacial score (nSPS) is 19.4. The van der Waals surface area contributed by atoms with Crippen molar-refractivity contribution in [3.05, 3.63) is 35.4 Å². The van der Waals surface area contributed by atoms with Gasteiger partial charge in [-0.05, 0) is 24.0 Å². The number of nitrogens with one attached hydrogen (secondary N) is 1. The minimum atomic E-state index is -0.475. The lowest BCUT2D eigenvalue weighted by molar-refractivity contribution is -0.136. The molecular weight excluding hydrogens is 389 g/mol. The molecule has 8 heteroatoms. The summed E-state index contributed by atoms with van der Waals surface area (Å²) in [5.74, 6) is 0.0551. The van der Waals surface area contributed by atoms with Crippen molar-refractivity contribution >= 4 is 30.7 Å². The van der Waals surface area contributed by atoms with E-state index < -0.39 is 5.41 Å². The van der Waals surface area contributed by atoms with Crippen molar-refractivity contribution in [1.29, 1.82) is 0 Å². The van der Waals surface area contributed by atoms with E-state index in [2.05, 4.69) is 28.4 Å². The van der Waals surface area contributed by atoms with Gasteiger partial charge in [0.1, 0.15) is 0 Å². The van der Waals surface area contributed by atoms with Crippen LogP contribution in [0, 0.1) is 5.41 Å². The van der Waals surface area contributed by atoms with Crippen LogP contribution in [0.25, 0.3) is 0 Å². The van der Waals surface area contributed by atoms with Gasteiger partial charge in [0.15, 0.2) is 0 Å². The molecule has 0 spiro atoms. The highest BCUT2D eigenvalue weighted by atomic mass is 35.5. The predicted molar refractivity (Wildman–Crippen MR) is 110 cm³/mol. The lowest BCUT2D eigenvalue weighted by atomic mass is 9.79. The topological polar surface area (TPSA) is 76.8 Å². The Morgan fingerprint density at radius 2 is 1.63 bits per heavy atom. The zero-order valence-electron chi connectivity index (χ0n) is 15.7. The zero-order valence-corrected chi connectivity index (χ0v) is 17.3. The Hall–Kier alpha value is -0.890. The Morgan fingerprint density at radius 3 is 2.26 bits per heavy atom. The van der Waals surface area contributed by atoms with E-state index in [1.807, 2.05) is 6.07 Å². The van der Waals surface area contributed by atoms with Crippen molar-refractivity contribution in [3.63, 3.8) is 0 Å². The number of carbonyl (C=O) groups excluding carboxylic acids is 1. The van der Waals surface area contributed by atoms with Gasteiger partial charge >= 0.3 is 0 Å². The first-order valence-corrected chi connectivity index (χ1v) is 9.16. The third-order valence-electron chi connectivity index (χ3n) is 5.38. The molecule has 2 fully saturated rings. The van der Waals surface area contributed by atoms with Crippen LogP contribution in [-0.4, -0.2) is 56.9 Å². The number of benzene rings is 1. The quantitative estimate of drug-likeness (QED) is 0.733. The molecule has 0 saturated carbocycles. The van der Waals surface area contributed by atoms with Crippen molar-refractivity contribution in [2.45, 2.75) is 25.9 Å². The number of amides is 1. The van der Waals surface area contributed by atoms with E-state index >= 15 is 0 Å². The van der Waals surface area contributed by atoms with Crippen LogP contribution in [0.1, 0.15) is 24.0 Å². The summed E-state index contributed by atoms with van der Waals surface area (Å²) in [6, 6.07) is 8.32. The molecule has 0 atom stereocenters. The van der Waals surface area contributed by atoms with Gasteiger partial charge in [-0.2, -0.15) is 0 Å². The van der Waals surface area contributed by atoms with Gasteiger partial charge in [-0.25, -0.2) is 0 Å². The number of hydrogen-bond donors (Lipinski definition) is 2. The van der Waals surface area contributed by atoms with Crippen LogP contribution >= 0.6 is 24.8 Å². The number of nitrogens with two attached hydrogens (primary N) is 1. The Balaban J connectivity index is 0.00000182. The van der Waals surface area contributed by atoms with E-state index in [-0.39, 0.29) is 30.7 Å². The molecule has 2 aliphatic rings. The molecule has 3 N–H and O–H groups in total. The van der Waals surface area contributed by atoms with Crippen molar-refractivity contribution in [1.82, 2.24) is 10.2 Å². The van der Waals surface area contributed by atoms with Crippen LogP contribution in [0.3, 0.4) is 0 Å². The Kier molecular flexibility index (Phi) is 10.6. The van der Waals surface area contributed by atoms with Crippen molar-refractivity contribution in [3.8, 4) is 0 Å². The molecule has 2 saturated heterocycles. The molecule has 154 valence electrons. The Bertz CT molecular complexity index is 577. The average molecular weight is 420 g/mol. The van der Waals surface area contributed by atoms with Crippen LogP contribution in [-0.2, 0) is 27.4 Å². The Morgan fingerprint density at radius 1 is 1.04 bits per heavy atom. The zero-order chi connectivity index (χ0) is 17.5. The fourth-order valence-corrected chi connectivity index (χ4v) is 3.53. The summed E-state index contributed by atoms with van der Waals surface area (Å²) in [6.45, 7) is 6.52. The second-order valence-electron chi connectivity index (χ2n) is 6.94. The van der Waals surface area contributed by atoms with E-state index in [1.165, 1.54) is 11.1 Å². The monoisotopic (exact) mass is 419 g/mol. The van der Waals surface area contributed by atoms with Gasteiger partial charge in [0, 0.05) is 45.9 Å². The van der Waals surface area contributed by atoms with Crippen LogP contribution in [0.15, 0.2) is 24.3 Å². The summed E-state index contributed by atoms with van der Waals surface area (Å²) < 4.78 is 10.8. The molecule has 0 aromatic heterocycles. The summed E-state index contributed by atoms with van der Waals surface area (Å²) in [5.41, 5.74) is 7.88. The summed E-state index contributed by atoms with van der Waals surface area (Å²) in [7, 11) is 0. The SMILES string of the molecule is Cl.Cl.NCC1(C(=O)NCc2ccccc2CN2CCOCC2)CCOCC1. The highest BCUT2D eigenvalue weighted by Gasteiger charge is 2.38. The fraction of sp³-hybridized carbons (Fsp3) is 0.632. The highest BCUT2D eigenvalue weighted by Crippen LogP contribution is 2.29. The molecular formula is C19H31Cl2N3O3. The maximum Gasteiger partial charge on any atom is 0.227 e. The standard InChI is InChI=1S/C19H29N3O3.2ClH/c20-15-19(5-9-24-10-6-19)18(23)21-13-16-3-1-2-4-17(16)14-22-7-11-25-12-8-22;;/h1-4H,5-15,20H2,(H,21,23);2*1H. The van der Waals surface area contributed by atoms with Gasteiger partial charge in [-0.1, -0.05) is 24.3 Å². The Labute approximate surface area is 174 Å². The van der Waals surface area contributed by atoms with Gasteiger partial charge in [-0.15, -0.1) is 24.8 Å². The van der Waals surface area contributed by atoms with Crippen LogP contribution in [0.4, 0.5) is 0 Å². The van der Waals surface area contributed by atoms with Gasteiger partial charge in [0.2, 0.25) is 5.91 Å². The first-order chi connectivity index (χ1) is 12.2. The van der Waals surface area contributed by atoms with Crippen LogP contribution in [0.2, 0.25) is 0 Å². The van der Waals surface area contributed by atoms with Crippen molar-refractivity contribution in [2.24, 2.45) is 11.1 Å². The third-order valence-corrected chi connectivity index (χ3v) is 5.38. The van der Waals surface area contributed by atoms with E-state index in [1.54, 1.807) is 0 Å². The summed E-state index contributed by atoms with van der Waals surface area (Å²) in [6.07, 6.45) is 1.40. The lowest BCUT2D eigenvalue weighted by Gasteiger charge is -2.34. The van der Waals surface area contributed by atoms with Gasteiger partial charge in [-0.3, -0.25) is 9.69 Å². The average Bonchev–Trinajstić information content (AvgIpc) is 2.68. The predicted octanol–water partition coefficient (Wildman–Crippen LogP) is 1.73. The fourth-order valence-electron chi connectivity index (χ4n) is 3.53. The largest absolute Gasteiger partial charge is 0.381 e. The maximum absolute atomic E-state index is 12.8. The number of rotatable bonds is 6. The third kappa shape index (κ3) is 6.31. The molecule has 0 bridgehead atoms. The molecule has 2 heterocycles. The number of halogens is 2. The molecule has 1 aromatic rings. The molecule has 0 aliphatic carbocycles. The maximum atomic E-state index is 12.8. The molecule has 27 heavy (non-hydrogen) atoms. The lowest BCUT2D eigenvalue weighted by Crippen LogP contribution is -2.49. The van der Waals surface area contributed by atoms with E-state index in [0.717, 1.165) is 32.8 Å².